The molecule has 2 N–H and O–H groups in total. The first kappa shape index (κ1) is 18.0. The number of aromatic amines is 2. The number of imidazole rings is 1. The summed E-state index contributed by atoms with van der Waals surface area (Å²) in [5.41, 5.74) is 7.00. The number of likely N-dealkylation sites (N-methyl/N-ethyl adjacent to an activating group) is 1. The van der Waals surface area contributed by atoms with Gasteiger partial charge < -0.3 is 14.8 Å². The summed E-state index contributed by atoms with van der Waals surface area (Å²) in [5, 5.41) is 11.8. The van der Waals surface area contributed by atoms with Gasteiger partial charge >= 0.3 is 0 Å². The Hall–Kier alpha value is -3.79. The highest BCUT2D eigenvalue weighted by Gasteiger charge is 2.21. The number of hydrogen-bond acceptors (Lipinski definition) is 7. The van der Waals surface area contributed by atoms with Gasteiger partial charge in [-0.3, -0.25) is 14.8 Å². The van der Waals surface area contributed by atoms with Crippen molar-refractivity contribution in [2.45, 2.75) is 0 Å². The van der Waals surface area contributed by atoms with E-state index in [0.29, 0.717) is 11.5 Å². The Morgan fingerprint density at radius 3 is 2.58 bits per heavy atom. The first-order chi connectivity index (χ1) is 15.2. The molecule has 0 amide bonds. The van der Waals surface area contributed by atoms with E-state index in [1.807, 2.05) is 44.0 Å². The second kappa shape index (κ2) is 6.88. The number of hydrogen-bond donors (Lipinski definition) is 2. The lowest BCUT2D eigenvalue weighted by atomic mass is 10.2. The van der Waals surface area contributed by atoms with Crippen LogP contribution < -0.4 is 4.90 Å². The maximum absolute atomic E-state index is 4.92. The molecule has 1 fully saturated rings. The summed E-state index contributed by atoms with van der Waals surface area (Å²) in [6, 6.07) is 3.95. The average molecular weight is 414 g/mol. The highest BCUT2D eigenvalue weighted by atomic mass is 15.3. The van der Waals surface area contributed by atoms with Gasteiger partial charge in [0, 0.05) is 45.0 Å². The molecule has 1 saturated heterocycles. The number of aryl methyl sites for hydroxylation is 1. The van der Waals surface area contributed by atoms with Crippen LogP contribution in [0, 0.1) is 0 Å². The number of pyridine rings is 2. The topological polar surface area (TPSA) is 107 Å². The fourth-order valence-corrected chi connectivity index (χ4v) is 4.09. The van der Waals surface area contributed by atoms with Crippen molar-refractivity contribution >= 4 is 27.8 Å². The van der Waals surface area contributed by atoms with Crippen molar-refractivity contribution in [1.29, 1.82) is 0 Å². The average Bonchev–Trinajstić information content (AvgIpc) is 3.51. The van der Waals surface area contributed by atoms with E-state index in [9.17, 15) is 0 Å². The minimum absolute atomic E-state index is 0.681. The van der Waals surface area contributed by atoms with E-state index < -0.39 is 0 Å². The van der Waals surface area contributed by atoms with E-state index in [1.165, 1.54) is 0 Å². The first-order valence-electron chi connectivity index (χ1n) is 10.3. The lowest BCUT2D eigenvalue weighted by molar-refractivity contribution is 0.313. The van der Waals surface area contributed by atoms with Crippen LogP contribution in [0.2, 0.25) is 0 Å². The van der Waals surface area contributed by atoms with Crippen molar-refractivity contribution < 1.29 is 0 Å². The molecule has 31 heavy (non-hydrogen) atoms. The summed E-state index contributed by atoms with van der Waals surface area (Å²) in [7, 11) is 4.05. The minimum Gasteiger partial charge on any atom is -0.366 e. The Morgan fingerprint density at radius 2 is 1.77 bits per heavy atom. The molecule has 0 aliphatic carbocycles. The van der Waals surface area contributed by atoms with Gasteiger partial charge in [0.2, 0.25) is 0 Å². The zero-order valence-corrected chi connectivity index (χ0v) is 17.4. The Morgan fingerprint density at radius 1 is 0.903 bits per heavy atom. The molecule has 10 heteroatoms. The quantitative estimate of drug-likeness (QED) is 0.465. The molecule has 5 aromatic heterocycles. The van der Waals surface area contributed by atoms with Gasteiger partial charge in [0.05, 0.1) is 41.0 Å². The molecule has 156 valence electrons. The number of anilines is 1. The predicted molar refractivity (Wildman–Crippen MR) is 119 cm³/mol. The molecular weight excluding hydrogens is 392 g/mol. The van der Waals surface area contributed by atoms with E-state index in [1.54, 1.807) is 4.68 Å². The summed E-state index contributed by atoms with van der Waals surface area (Å²) in [6.07, 6.45) is 7.47. The number of nitrogens with zero attached hydrogens (tertiary/aromatic N) is 8. The number of piperazine rings is 1. The van der Waals surface area contributed by atoms with Gasteiger partial charge in [0.15, 0.2) is 11.5 Å². The maximum atomic E-state index is 4.92. The predicted octanol–water partition coefficient (Wildman–Crippen LogP) is 2.05. The third-order valence-corrected chi connectivity index (χ3v) is 5.85. The van der Waals surface area contributed by atoms with Crippen molar-refractivity contribution in [2.75, 3.05) is 38.1 Å². The summed E-state index contributed by atoms with van der Waals surface area (Å²) < 4.78 is 1.77. The minimum atomic E-state index is 0.681. The van der Waals surface area contributed by atoms with Crippen molar-refractivity contribution in [3.63, 3.8) is 0 Å². The van der Waals surface area contributed by atoms with Gasteiger partial charge in [0.1, 0.15) is 11.0 Å². The van der Waals surface area contributed by atoms with E-state index in [0.717, 1.165) is 65.2 Å². The number of fused-ring (bicyclic) bond motifs is 2. The van der Waals surface area contributed by atoms with Crippen LogP contribution in [-0.4, -0.2) is 78.0 Å². The molecule has 0 saturated carbocycles. The van der Waals surface area contributed by atoms with Crippen molar-refractivity contribution in [1.82, 2.24) is 44.8 Å². The monoisotopic (exact) mass is 414 g/mol. The summed E-state index contributed by atoms with van der Waals surface area (Å²) in [5.74, 6) is 0.681. The van der Waals surface area contributed by atoms with Crippen LogP contribution in [0.15, 0.2) is 36.9 Å². The lowest BCUT2D eigenvalue weighted by Gasteiger charge is -2.33. The SMILES string of the molecule is CN1CCN(c2cncc3[nH]c(-c4n[nH]c5ccc(-c6cnn(C)c6)nc45)nc23)CC1. The number of rotatable bonds is 3. The van der Waals surface area contributed by atoms with E-state index in [-0.39, 0.29) is 0 Å². The van der Waals surface area contributed by atoms with E-state index in [2.05, 4.69) is 42.1 Å². The highest BCUT2D eigenvalue weighted by Crippen LogP contribution is 2.30. The number of H-pyrrole nitrogens is 2. The molecule has 0 unspecified atom stereocenters. The fourth-order valence-electron chi connectivity index (χ4n) is 4.09. The van der Waals surface area contributed by atoms with E-state index in [4.69, 9.17) is 9.97 Å². The maximum Gasteiger partial charge on any atom is 0.161 e. The Bertz CT molecular complexity index is 1390. The van der Waals surface area contributed by atoms with Gasteiger partial charge in [0.25, 0.3) is 0 Å². The molecule has 0 bridgehead atoms. The summed E-state index contributed by atoms with van der Waals surface area (Å²) >= 11 is 0. The van der Waals surface area contributed by atoms with Gasteiger partial charge in [-0.1, -0.05) is 0 Å². The number of aromatic nitrogens is 8. The van der Waals surface area contributed by atoms with Crippen LogP contribution in [0.25, 0.3) is 44.8 Å². The van der Waals surface area contributed by atoms with Crippen molar-refractivity contribution in [2.24, 2.45) is 7.05 Å². The van der Waals surface area contributed by atoms with Crippen molar-refractivity contribution in [3.05, 3.63) is 36.9 Å². The molecule has 0 radical (unpaired) electrons. The van der Waals surface area contributed by atoms with Gasteiger partial charge in [-0.15, -0.1) is 0 Å². The van der Waals surface area contributed by atoms with E-state index >= 15 is 0 Å². The van der Waals surface area contributed by atoms with Gasteiger partial charge in [-0.25, -0.2) is 9.97 Å². The van der Waals surface area contributed by atoms with Crippen molar-refractivity contribution in [3.8, 4) is 22.8 Å². The molecule has 6 rings (SSSR count). The second-order valence-electron chi connectivity index (χ2n) is 8.00. The first-order valence-corrected chi connectivity index (χ1v) is 10.3. The lowest BCUT2D eigenvalue weighted by Crippen LogP contribution is -2.44. The zero-order chi connectivity index (χ0) is 20.9. The fraction of sp³-hybridized carbons (Fsp3) is 0.286. The van der Waals surface area contributed by atoms with Crippen LogP contribution in [0.5, 0.6) is 0 Å². The molecule has 10 nitrogen and oxygen atoms in total. The molecular formula is C21H22N10. The third-order valence-electron chi connectivity index (χ3n) is 5.85. The third kappa shape index (κ3) is 3.03. The van der Waals surface area contributed by atoms with Crippen LogP contribution >= 0.6 is 0 Å². The molecule has 0 aromatic carbocycles. The molecule has 6 heterocycles. The largest absolute Gasteiger partial charge is 0.366 e. The molecule has 5 aromatic rings. The van der Waals surface area contributed by atoms with Crippen LogP contribution in [0.3, 0.4) is 0 Å². The standard InChI is InChI=1S/C21H22N10/c1-29-5-7-31(8-6-29)17-11-22-10-16-18(17)26-21(25-16)20-19-15(27-28-20)4-3-14(24-19)13-9-23-30(2)12-13/h3-4,9-12H,5-8H2,1-2H3,(H,25,26)(H,27,28). The van der Waals surface area contributed by atoms with Crippen LogP contribution in [0.4, 0.5) is 5.69 Å². The smallest absolute Gasteiger partial charge is 0.161 e. The molecule has 0 atom stereocenters. The Balaban J connectivity index is 1.44. The van der Waals surface area contributed by atoms with Gasteiger partial charge in [-0.05, 0) is 19.2 Å². The number of nitrogens with one attached hydrogen (secondary N) is 2. The van der Waals surface area contributed by atoms with Crippen LogP contribution in [-0.2, 0) is 7.05 Å². The Kier molecular flexibility index (Phi) is 4.00. The molecule has 1 aliphatic rings. The van der Waals surface area contributed by atoms with Gasteiger partial charge in [-0.2, -0.15) is 10.2 Å². The normalized spacial score (nSPS) is 15.4. The summed E-state index contributed by atoms with van der Waals surface area (Å²) in [4.78, 5) is 22.3. The summed E-state index contributed by atoms with van der Waals surface area (Å²) in [6.45, 7) is 3.97. The molecule has 1 aliphatic heterocycles. The zero-order valence-electron chi connectivity index (χ0n) is 17.4. The Labute approximate surface area is 177 Å². The highest BCUT2D eigenvalue weighted by molar-refractivity contribution is 5.94. The molecule has 0 spiro atoms. The van der Waals surface area contributed by atoms with Crippen LogP contribution in [0.1, 0.15) is 0 Å². The second-order valence-corrected chi connectivity index (χ2v) is 8.00.